The van der Waals surface area contributed by atoms with Crippen LogP contribution in [-0.2, 0) is 0 Å². The second-order valence-corrected chi connectivity index (χ2v) is 3.84. The molecule has 1 N–H and O–H groups in total. The molecule has 3 heterocycles. The van der Waals surface area contributed by atoms with Crippen molar-refractivity contribution in [2.75, 3.05) is 0 Å². The van der Waals surface area contributed by atoms with Gasteiger partial charge in [-0.05, 0) is 19.9 Å². The van der Waals surface area contributed by atoms with E-state index in [2.05, 4.69) is 20.3 Å². The van der Waals surface area contributed by atoms with Crippen LogP contribution in [0.5, 0.6) is 0 Å². The van der Waals surface area contributed by atoms with Crippen molar-refractivity contribution in [2.24, 2.45) is 0 Å². The summed E-state index contributed by atoms with van der Waals surface area (Å²) >= 11 is 0. The van der Waals surface area contributed by atoms with E-state index in [0.717, 1.165) is 11.4 Å². The Hall–Kier alpha value is -2.44. The summed E-state index contributed by atoms with van der Waals surface area (Å²) in [4.78, 5) is 15.5. The first-order chi connectivity index (χ1) is 8.15. The second-order valence-electron chi connectivity index (χ2n) is 3.84. The van der Waals surface area contributed by atoms with E-state index in [-0.39, 0.29) is 5.69 Å². The number of hydrogen-bond donors (Lipinski definition) is 1. The van der Waals surface area contributed by atoms with Crippen molar-refractivity contribution in [3.8, 4) is 5.82 Å². The van der Waals surface area contributed by atoms with Gasteiger partial charge >= 0.3 is 5.69 Å². The van der Waals surface area contributed by atoms with E-state index in [1.165, 1.54) is 10.7 Å². The summed E-state index contributed by atoms with van der Waals surface area (Å²) in [6.45, 7) is 3.86. The van der Waals surface area contributed by atoms with Gasteiger partial charge in [0.25, 0.3) is 0 Å². The van der Waals surface area contributed by atoms with Gasteiger partial charge in [-0.25, -0.2) is 24.0 Å². The lowest BCUT2D eigenvalue weighted by Crippen LogP contribution is -2.11. The molecule has 0 saturated heterocycles. The third-order valence-corrected chi connectivity index (χ3v) is 2.52. The van der Waals surface area contributed by atoms with E-state index >= 15 is 0 Å². The van der Waals surface area contributed by atoms with Crippen LogP contribution in [0.25, 0.3) is 11.5 Å². The van der Waals surface area contributed by atoms with E-state index in [1.807, 2.05) is 19.9 Å². The van der Waals surface area contributed by atoms with Gasteiger partial charge in [0.15, 0.2) is 11.5 Å². The molecule has 0 unspecified atom stereocenters. The predicted molar refractivity (Wildman–Crippen MR) is 60.2 cm³/mol. The molecule has 0 bridgehead atoms. The maximum atomic E-state index is 11.3. The Kier molecular flexibility index (Phi) is 1.88. The summed E-state index contributed by atoms with van der Waals surface area (Å²) in [6, 6.07) is 3.67. The van der Waals surface area contributed by atoms with Crippen LogP contribution >= 0.6 is 0 Å². The zero-order chi connectivity index (χ0) is 12.0. The number of aryl methyl sites for hydroxylation is 2. The van der Waals surface area contributed by atoms with Gasteiger partial charge in [0.2, 0.25) is 0 Å². The van der Waals surface area contributed by atoms with E-state index in [1.54, 1.807) is 10.7 Å². The molecule has 0 amide bonds. The number of aromatic amines is 1. The summed E-state index contributed by atoms with van der Waals surface area (Å²) < 4.78 is 3.06. The first-order valence-electron chi connectivity index (χ1n) is 5.11. The minimum atomic E-state index is -0.299. The zero-order valence-corrected chi connectivity index (χ0v) is 9.38. The molecule has 3 rings (SSSR count). The van der Waals surface area contributed by atoms with Crippen molar-refractivity contribution in [1.82, 2.24) is 29.4 Å². The van der Waals surface area contributed by atoms with Crippen LogP contribution < -0.4 is 5.69 Å². The summed E-state index contributed by atoms with van der Waals surface area (Å²) in [6.07, 6.45) is 1.44. The molecule has 0 aliphatic rings. The highest BCUT2D eigenvalue weighted by atomic mass is 16.1. The summed E-state index contributed by atoms with van der Waals surface area (Å²) in [7, 11) is 0. The van der Waals surface area contributed by atoms with Crippen LogP contribution in [0, 0.1) is 13.8 Å². The average Bonchev–Trinajstić information content (AvgIpc) is 2.82. The summed E-state index contributed by atoms with van der Waals surface area (Å²) in [5.41, 5.74) is 2.13. The van der Waals surface area contributed by atoms with Crippen molar-refractivity contribution in [3.05, 3.63) is 40.3 Å². The molecule has 0 saturated carbocycles. The van der Waals surface area contributed by atoms with Crippen molar-refractivity contribution >= 4 is 5.65 Å². The van der Waals surface area contributed by atoms with Crippen LogP contribution in [0.3, 0.4) is 0 Å². The molecule has 17 heavy (non-hydrogen) atoms. The Morgan fingerprint density at radius 3 is 2.82 bits per heavy atom. The number of fused-ring (bicyclic) bond motifs is 1. The SMILES string of the molecule is Cc1cc(C)n(-c2cc3n[nH]c(=O)n3cn2)n1. The maximum absolute atomic E-state index is 11.3. The summed E-state index contributed by atoms with van der Waals surface area (Å²) in [5.74, 6) is 0.641. The normalized spacial score (nSPS) is 11.2. The van der Waals surface area contributed by atoms with Gasteiger partial charge in [-0.3, -0.25) is 0 Å². The van der Waals surface area contributed by atoms with E-state index in [0.29, 0.717) is 11.5 Å². The van der Waals surface area contributed by atoms with Crippen LogP contribution in [0.4, 0.5) is 0 Å². The highest BCUT2D eigenvalue weighted by Gasteiger charge is 2.07. The maximum Gasteiger partial charge on any atom is 0.348 e. The van der Waals surface area contributed by atoms with E-state index < -0.39 is 0 Å². The molecule has 0 aliphatic carbocycles. The standard InChI is InChI=1S/C10H10N6O/c1-6-3-7(2)16(14-6)8-4-9-12-13-10(17)15(9)5-11-8/h3-5H,1-2H3,(H,13,17). The second kappa shape index (κ2) is 3.27. The minimum Gasteiger partial charge on any atom is -0.246 e. The third-order valence-electron chi connectivity index (χ3n) is 2.52. The molecule has 0 radical (unpaired) electrons. The topological polar surface area (TPSA) is 80.9 Å². The molecular weight excluding hydrogens is 220 g/mol. The van der Waals surface area contributed by atoms with Crippen LogP contribution in [0.15, 0.2) is 23.3 Å². The van der Waals surface area contributed by atoms with Gasteiger partial charge in [-0.15, -0.1) is 0 Å². The van der Waals surface area contributed by atoms with Gasteiger partial charge in [0.05, 0.1) is 5.69 Å². The first-order valence-corrected chi connectivity index (χ1v) is 5.11. The van der Waals surface area contributed by atoms with Crippen LogP contribution in [0.2, 0.25) is 0 Å². The molecule has 7 nitrogen and oxygen atoms in total. The quantitative estimate of drug-likeness (QED) is 0.648. The van der Waals surface area contributed by atoms with Crippen molar-refractivity contribution in [2.45, 2.75) is 13.8 Å². The Morgan fingerprint density at radius 2 is 2.12 bits per heavy atom. The van der Waals surface area contributed by atoms with Crippen molar-refractivity contribution < 1.29 is 0 Å². The van der Waals surface area contributed by atoms with Crippen LogP contribution in [-0.4, -0.2) is 29.4 Å². The Bertz CT molecular complexity index is 750. The Labute approximate surface area is 95.7 Å². The number of aromatic nitrogens is 6. The molecule has 7 heteroatoms. The van der Waals surface area contributed by atoms with Crippen molar-refractivity contribution in [1.29, 1.82) is 0 Å². The lowest BCUT2D eigenvalue weighted by atomic mass is 10.4. The fraction of sp³-hybridized carbons (Fsp3) is 0.200. The van der Waals surface area contributed by atoms with Gasteiger partial charge < -0.3 is 0 Å². The molecule has 0 aromatic carbocycles. The highest BCUT2D eigenvalue weighted by molar-refractivity contribution is 5.42. The molecule has 0 spiro atoms. The molecule has 0 atom stereocenters. The van der Waals surface area contributed by atoms with Gasteiger partial charge in [-0.1, -0.05) is 0 Å². The fourth-order valence-electron chi connectivity index (χ4n) is 1.78. The third kappa shape index (κ3) is 1.43. The van der Waals surface area contributed by atoms with E-state index in [4.69, 9.17) is 0 Å². The van der Waals surface area contributed by atoms with E-state index in [9.17, 15) is 4.79 Å². The monoisotopic (exact) mass is 230 g/mol. The fourth-order valence-corrected chi connectivity index (χ4v) is 1.78. The predicted octanol–water partition coefficient (Wildman–Crippen LogP) is 0.220. The molecule has 86 valence electrons. The summed E-state index contributed by atoms with van der Waals surface area (Å²) in [5, 5.41) is 10.6. The number of H-pyrrole nitrogens is 1. The smallest absolute Gasteiger partial charge is 0.246 e. The molecule has 0 aliphatic heterocycles. The molecule has 3 aromatic heterocycles. The lowest BCUT2D eigenvalue weighted by Gasteiger charge is -2.02. The zero-order valence-electron chi connectivity index (χ0n) is 9.38. The largest absolute Gasteiger partial charge is 0.348 e. The molecule has 3 aromatic rings. The Morgan fingerprint density at radius 1 is 1.29 bits per heavy atom. The molecular formula is C10H10N6O. The van der Waals surface area contributed by atoms with Gasteiger partial charge in [0, 0.05) is 11.8 Å². The highest BCUT2D eigenvalue weighted by Crippen LogP contribution is 2.09. The minimum absolute atomic E-state index is 0.299. The Balaban J connectivity index is 2.24. The molecule has 0 fully saturated rings. The number of hydrogen-bond acceptors (Lipinski definition) is 4. The number of rotatable bonds is 1. The van der Waals surface area contributed by atoms with Crippen LogP contribution in [0.1, 0.15) is 11.4 Å². The van der Waals surface area contributed by atoms with Gasteiger partial charge in [0.1, 0.15) is 6.33 Å². The number of nitrogens with zero attached hydrogens (tertiary/aromatic N) is 5. The lowest BCUT2D eigenvalue weighted by molar-refractivity contribution is 0.798. The number of nitrogens with one attached hydrogen (secondary N) is 1. The van der Waals surface area contributed by atoms with Gasteiger partial charge in [-0.2, -0.15) is 10.2 Å². The van der Waals surface area contributed by atoms with Crippen molar-refractivity contribution in [3.63, 3.8) is 0 Å². The average molecular weight is 230 g/mol. The first kappa shape index (κ1) is 9.76.